The maximum absolute atomic E-state index is 13.6. The molecule has 2 aliphatic rings. The normalized spacial score (nSPS) is 14.7. The van der Waals surface area contributed by atoms with Gasteiger partial charge in [-0.05, 0) is 25.7 Å². The van der Waals surface area contributed by atoms with E-state index in [1.807, 2.05) is 0 Å². The number of nitrogens with zero attached hydrogens (tertiary/aromatic N) is 2. The molecule has 0 spiro atoms. The third-order valence-electron chi connectivity index (χ3n) is 8.25. The van der Waals surface area contributed by atoms with Crippen LogP contribution in [0, 0.1) is 0 Å². The van der Waals surface area contributed by atoms with E-state index in [1.54, 1.807) is 0 Å². The van der Waals surface area contributed by atoms with Crippen LogP contribution in [0.2, 0.25) is 40.2 Å². The van der Waals surface area contributed by atoms with Gasteiger partial charge in [0.05, 0.1) is 69.0 Å². The predicted octanol–water partition coefficient (Wildman–Crippen LogP) is 11.0. The minimum Gasteiger partial charge on any atom is -0.464 e. The van der Waals surface area contributed by atoms with Crippen LogP contribution in [0.25, 0.3) is 0 Å². The molecule has 4 rings (SSSR count). The Bertz CT molecular complexity index is 1570. The highest BCUT2D eigenvalue weighted by atomic mass is 35.5. The van der Waals surface area contributed by atoms with Gasteiger partial charge in [0.1, 0.15) is 6.04 Å². The number of ether oxygens (including phenoxy) is 1. The highest BCUT2D eigenvalue weighted by molar-refractivity contribution is 6.56. The Hall–Kier alpha value is -1.49. The fraction of sp³-hybridized carbons (Fsp3) is 0.469. The molecule has 2 aromatic carbocycles. The molecule has 1 atom stereocenters. The van der Waals surface area contributed by atoms with E-state index in [0.29, 0.717) is 6.42 Å². The number of fused-ring (bicyclic) bond motifs is 2. The lowest BCUT2D eigenvalue weighted by Crippen LogP contribution is -2.46. The third kappa shape index (κ3) is 7.71. The molecule has 2 aromatic rings. The molecule has 0 N–H and O–H groups in total. The second kappa shape index (κ2) is 17.1. The number of halogens is 8. The van der Waals surface area contributed by atoms with Crippen LogP contribution in [0.3, 0.4) is 0 Å². The summed E-state index contributed by atoms with van der Waals surface area (Å²) in [6.07, 6.45) is 8.53. The second-order valence-corrected chi connectivity index (χ2v) is 14.4. The number of hydrogen-bond donors (Lipinski definition) is 0. The largest absolute Gasteiger partial charge is 0.464 e. The molecule has 0 saturated heterocycles. The topological polar surface area (TPSA) is 101 Å². The Kier molecular flexibility index (Phi) is 14.0. The maximum atomic E-state index is 13.6. The van der Waals surface area contributed by atoms with Crippen LogP contribution in [-0.4, -0.2) is 58.6 Å². The van der Waals surface area contributed by atoms with Crippen LogP contribution in [0.5, 0.6) is 0 Å². The van der Waals surface area contributed by atoms with E-state index in [1.165, 1.54) is 19.3 Å². The van der Waals surface area contributed by atoms with Crippen LogP contribution >= 0.6 is 92.8 Å². The van der Waals surface area contributed by atoms with E-state index in [0.717, 1.165) is 35.5 Å². The van der Waals surface area contributed by atoms with Crippen molar-refractivity contribution in [1.82, 2.24) is 9.80 Å². The first-order chi connectivity index (χ1) is 22.8. The van der Waals surface area contributed by atoms with Crippen molar-refractivity contribution in [2.45, 2.75) is 83.6 Å². The number of hydrogen-bond acceptors (Lipinski definition) is 6. The van der Waals surface area contributed by atoms with Gasteiger partial charge in [-0.15, -0.1) is 0 Å². The van der Waals surface area contributed by atoms with Crippen LogP contribution in [0.15, 0.2) is 0 Å². The van der Waals surface area contributed by atoms with Gasteiger partial charge in [0.2, 0.25) is 0 Å². The van der Waals surface area contributed by atoms with Gasteiger partial charge in [-0.25, -0.2) is 4.79 Å². The lowest BCUT2D eigenvalue weighted by molar-refractivity contribution is -0.148. The van der Waals surface area contributed by atoms with Crippen molar-refractivity contribution < 1.29 is 28.7 Å². The summed E-state index contributed by atoms with van der Waals surface area (Å²) < 4.78 is 5.54. The molecule has 0 bridgehead atoms. The molecule has 0 saturated carbocycles. The Morgan fingerprint density at radius 1 is 0.542 bits per heavy atom. The molecule has 2 aliphatic heterocycles. The Morgan fingerprint density at radius 2 is 0.938 bits per heavy atom. The molecule has 0 fully saturated rings. The summed E-state index contributed by atoms with van der Waals surface area (Å²) in [4.78, 5) is 68.6. The molecule has 8 nitrogen and oxygen atoms in total. The molecule has 48 heavy (non-hydrogen) atoms. The summed E-state index contributed by atoms with van der Waals surface area (Å²) in [5, 5.41) is -1.63. The number of benzene rings is 2. The molecule has 4 amide bonds. The quantitative estimate of drug-likeness (QED) is 0.0549. The first-order valence-corrected chi connectivity index (χ1v) is 18.4. The predicted molar refractivity (Wildman–Crippen MR) is 190 cm³/mol. The molecular weight excluding hydrogens is 792 g/mol. The van der Waals surface area contributed by atoms with Crippen molar-refractivity contribution in [2.75, 3.05) is 13.2 Å². The zero-order chi connectivity index (χ0) is 35.4. The van der Waals surface area contributed by atoms with Gasteiger partial charge in [-0.3, -0.25) is 29.0 Å². The number of carbonyl (C=O) groups is 5. The fourth-order valence-electron chi connectivity index (χ4n) is 5.71. The van der Waals surface area contributed by atoms with Crippen LogP contribution < -0.4 is 0 Å². The summed E-state index contributed by atoms with van der Waals surface area (Å²) in [5.41, 5.74) is -0.834. The average molecular weight is 822 g/mol. The van der Waals surface area contributed by atoms with Gasteiger partial charge in [0.15, 0.2) is 0 Å². The van der Waals surface area contributed by atoms with Crippen molar-refractivity contribution in [3.05, 3.63) is 62.4 Å². The van der Waals surface area contributed by atoms with Crippen molar-refractivity contribution in [3.8, 4) is 0 Å². The lowest BCUT2D eigenvalue weighted by Gasteiger charge is -2.25. The van der Waals surface area contributed by atoms with Gasteiger partial charge in [0.25, 0.3) is 23.6 Å². The minimum absolute atomic E-state index is 0.0687. The second-order valence-electron chi connectivity index (χ2n) is 11.4. The van der Waals surface area contributed by atoms with Gasteiger partial charge < -0.3 is 4.74 Å². The SMILES string of the molecule is CCCCCCCCCCOC(=O)[C@H](CCCCN1C(=O)c2c(Cl)c(Cl)c(Cl)c(Cl)c2C1=O)N1C(=O)c2c(Cl)c(Cl)c(Cl)c(Cl)c2C1=O. The molecule has 16 heteroatoms. The first-order valence-electron chi connectivity index (χ1n) is 15.4. The van der Waals surface area contributed by atoms with E-state index in [4.69, 9.17) is 97.5 Å². The summed E-state index contributed by atoms with van der Waals surface area (Å²) in [7, 11) is 0. The molecule has 0 unspecified atom stereocenters. The average Bonchev–Trinajstić information content (AvgIpc) is 3.47. The number of imide groups is 2. The summed E-state index contributed by atoms with van der Waals surface area (Å²) in [5.74, 6) is -3.98. The van der Waals surface area contributed by atoms with E-state index >= 15 is 0 Å². The highest BCUT2D eigenvalue weighted by Gasteiger charge is 2.47. The van der Waals surface area contributed by atoms with Crippen LogP contribution in [-0.2, 0) is 9.53 Å². The zero-order valence-electron chi connectivity index (χ0n) is 25.6. The molecule has 2 heterocycles. The van der Waals surface area contributed by atoms with Crippen LogP contribution in [0.1, 0.15) is 119 Å². The molecular formula is C32H30Cl8N2O6. The molecule has 0 aromatic heterocycles. The Labute approximate surface area is 318 Å². The van der Waals surface area contributed by atoms with Crippen molar-refractivity contribution in [3.63, 3.8) is 0 Å². The maximum Gasteiger partial charge on any atom is 0.329 e. The summed E-state index contributed by atoms with van der Waals surface area (Å²) >= 11 is 49.6. The standard InChI is InChI=1S/C32H30Cl8N2O6/c1-2-3-4-5-6-7-8-11-14-48-32(47)15(42-30(45)18-19(31(42)46)23(36)27(40)26(39)22(18)35)12-9-10-13-41-28(43)16-17(29(41)44)21(34)25(38)24(37)20(16)33/h15H,2-14H2,1H3/t15-/m0/s1. The monoisotopic (exact) mass is 818 g/mol. The van der Waals surface area contributed by atoms with Gasteiger partial charge in [-0.1, -0.05) is 145 Å². The van der Waals surface area contributed by atoms with E-state index in [2.05, 4.69) is 6.92 Å². The lowest BCUT2D eigenvalue weighted by atomic mass is 10.1. The van der Waals surface area contributed by atoms with Gasteiger partial charge in [0, 0.05) is 6.54 Å². The number of amides is 4. The molecule has 0 aliphatic carbocycles. The van der Waals surface area contributed by atoms with Crippen molar-refractivity contribution in [2.24, 2.45) is 0 Å². The fourth-order valence-corrected chi connectivity index (χ4v) is 7.74. The molecule has 0 radical (unpaired) electrons. The summed E-state index contributed by atoms with van der Waals surface area (Å²) in [6, 6.07) is -1.38. The molecule has 260 valence electrons. The van der Waals surface area contributed by atoms with E-state index in [9.17, 15) is 24.0 Å². The zero-order valence-corrected chi connectivity index (χ0v) is 31.7. The first kappa shape index (κ1) is 39.3. The third-order valence-corrected chi connectivity index (χ3v) is 11.9. The Morgan fingerprint density at radius 3 is 1.38 bits per heavy atom. The summed E-state index contributed by atoms with van der Waals surface area (Å²) in [6.45, 7) is 2.15. The van der Waals surface area contributed by atoms with Crippen LogP contribution in [0.4, 0.5) is 0 Å². The van der Waals surface area contributed by atoms with Gasteiger partial charge >= 0.3 is 5.97 Å². The van der Waals surface area contributed by atoms with Gasteiger partial charge in [-0.2, -0.15) is 0 Å². The van der Waals surface area contributed by atoms with Crippen molar-refractivity contribution in [1.29, 1.82) is 0 Å². The number of unbranched alkanes of at least 4 members (excludes halogenated alkanes) is 8. The number of esters is 1. The minimum atomic E-state index is -1.38. The Balaban J connectivity index is 1.46. The van der Waals surface area contributed by atoms with E-state index < -0.39 is 35.6 Å². The smallest absolute Gasteiger partial charge is 0.329 e. The number of rotatable bonds is 16. The van der Waals surface area contributed by atoms with E-state index in [-0.39, 0.29) is 94.8 Å². The van der Waals surface area contributed by atoms with Crippen molar-refractivity contribution >= 4 is 122 Å². The highest BCUT2D eigenvalue weighted by Crippen LogP contribution is 2.46. The number of carbonyl (C=O) groups excluding carboxylic acids is 5.